The molecule has 0 atom stereocenters. The number of nitrogen functional groups attached to an aromatic ring is 1. The van der Waals surface area contributed by atoms with E-state index < -0.39 is 11.9 Å². The molecule has 0 saturated heterocycles. The molecule has 1 aromatic heterocycles. The molecule has 0 radical (unpaired) electrons. The zero-order chi connectivity index (χ0) is 22.0. The number of anilines is 3. The van der Waals surface area contributed by atoms with Gasteiger partial charge in [-0.25, -0.2) is 9.59 Å². The highest BCUT2D eigenvalue weighted by molar-refractivity contribution is 6.00. The predicted octanol–water partition coefficient (Wildman–Crippen LogP) is 3.78. The number of methoxy groups -OCH3 is 1. The predicted molar refractivity (Wildman–Crippen MR) is 112 cm³/mol. The molecule has 4 N–H and O–H groups in total. The monoisotopic (exact) mass is 404 g/mol. The van der Waals surface area contributed by atoms with Gasteiger partial charge in [0.05, 0.1) is 35.3 Å². The number of nitrogens with zero attached hydrogens (tertiary/aromatic N) is 2. The first kappa shape index (κ1) is 20.5. The number of nitrogens with one attached hydrogen (secondary N) is 1. The molecule has 2 aromatic carbocycles. The van der Waals surface area contributed by atoms with Crippen LogP contribution in [0.25, 0.3) is 5.69 Å². The second kappa shape index (κ2) is 8.01. The smallest absolute Gasteiger partial charge is 0.357 e. The number of aromatic nitrogens is 1. The van der Waals surface area contributed by atoms with Gasteiger partial charge in [0.15, 0.2) is 5.69 Å². The lowest BCUT2D eigenvalue weighted by Gasteiger charge is -2.18. The van der Waals surface area contributed by atoms with Gasteiger partial charge >= 0.3 is 11.9 Å². The molecule has 3 rings (SSSR count). The lowest BCUT2D eigenvalue weighted by atomic mass is 10.1. The van der Waals surface area contributed by atoms with Crippen molar-refractivity contribution in [3.05, 3.63) is 70.5 Å². The van der Waals surface area contributed by atoms with Crippen LogP contribution < -0.4 is 11.1 Å². The number of ether oxygens (including phenoxy) is 1. The first-order valence-corrected chi connectivity index (χ1v) is 8.98. The maximum absolute atomic E-state index is 12.4. The summed E-state index contributed by atoms with van der Waals surface area (Å²) in [6.07, 6.45) is 1.38. The molecule has 0 aliphatic carbocycles. The standard InChI is InChI=1S/C22H20N4O4/c1-12-7-13(2)9-15(8-12)25-19-16(21(27)28)5-4-6-17(19)26-11-14(10-23)18(24)20(26)22(29)30-3/h4-9,11,25H,24H2,1-3H3,(H,27,28). The molecule has 0 aliphatic rings. The fourth-order valence-corrected chi connectivity index (χ4v) is 3.35. The average Bonchev–Trinajstić information content (AvgIpc) is 3.02. The topological polar surface area (TPSA) is 130 Å². The second-order valence-corrected chi connectivity index (χ2v) is 6.78. The van der Waals surface area contributed by atoms with Gasteiger partial charge in [-0.05, 0) is 49.2 Å². The number of hydrogen-bond acceptors (Lipinski definition) is 6. The molecule has 8 heteroatoms. The van der Waals surface area contributed by atoms with Crippen molar-refractivity contribution in [2.24, 2.45) is 0 Å². The van der Waals surface area contributed by atoms with Crippen LogP contribution in [0.4, 0.5) is 17.1 Å². The van der Waals surface area contributed by atoms with Crippen LogP contribution >= 0.6 is 0 Å². The highest BCUT2D eigenvalue weighted by Gasteiger charge is 2.25. The van der Waals surface area contributed by atoms with Crippen LogP contribution in [0, 0.1) is 25.2 Å². The van der Waals surface area contributed by atoms with E-state index in [1.807, 2.05) is 38.1 Å². The molecule has 0 bridgehead atoms. The first-order chi connectivity index (χ1) is 14.3. The first-order valence-electron chi connectivity index (χ1n) is 8.98. The van der Waals surface area contributed by atoms with E-state index in [2.05, 4.69) is 5.32 Å². The molecule has 1 heterocycles. The van der Waals surface area contributed by atoms with Crippen LogP contribution in [-0.4, -0.2) is 28.7 Å². The fourth-order valence-electron chi connectivity index (χ4n) is 3.35. The number of aromatic carboxylic acids is 1. The van der Waals surface area contributed by atoms with E-state index in [9.17, 15) is 20.0 Å². The third-order valence-corrected chi connectivity index (χ3v) is 4.57. The zero-order valence-corrected chi connectivity index (χ0v) is 16.7. The van der Waals surface area contributed by atoms with Crippen molar-refractivity contribution in [2.75, 3.05) is 18.2 Å². The normalized spacial score (nSPS) is 10.3. The Morgan fingerprint density at radius 3 is 2.43 bits per heavy atom. The summed E-state index contributed by atoms with van der Waals surface area (Å²) in [5.74, 6) is -1.89. The molecular formula is C22H20N4O4. The molecule has 0 amide bonds. The molecule has 0 spiro atoms. The number of nitriles is 1. The van der Waals surface area contributed by atoms with Crippen LogP contribution in [0.3, 0.4) is 0 Å². The highest BCUT2D eigenvalue weighted by Crippen LogP contribution is 2.33. The Bertz CT molecular complexity index is 1180. The number of nitrogens with two attached hydrogens (primary N) is 1. The Balaban J connectivity index is 2.29. The van der Waals surface area contributed by atoms with Crippen molar-refractivity contribution in [3.63, 3.8) is 0 Å². The van der Waals surface area contributed by atoms with E-state index in [-0.39, 0.29) is 28.2 Å². The summed E-state index contributed by atoms with van der Waals surface area (Å²) in [4.78, 5) is 24.3. The summed E-state index contributed by atoms with van der Waals surface area (Å²) in [5, 5.41) is 22.3. The van der Waals surface area contributed by atoms with Gasteiger partial charge in [0, 0.05) is 11.9 Å². The number of carboxylic acids is 1. The van der Waals surface area contributed by atoms with Crippen LogP contribution in [0.5, 0.6) is 0 Å². The largest absolute Gasteiger partial charge is 0.478 e. The zero-order valence-electron chi connectivity index (χ0n) is 16.7. The third kappa shape index (κ3) is 3.69. The second-order valence-electron chi connectivity index (χ2n) is 6.78. The van der Waals surface area contributed by atoms with Crippen molar-refractivity contribution in [3.8, 4) is 11.8 Å². The Kier molecular flexibility index (Phi) is 5.47. The third-order valence-electron chi connectivity index (χ3n) is 4.57. The summed E-state index contributed by atoms with van der Waals surface area (Å²) in [5.41, 5.74) is 9.23. The van der Waals surface area contributed by atoms with Crippen molar-refractivity contribution in [2.45, 2.75) is 13.8 Å². The van der Waals surface area contributed by atoms with E-state index >= 15 is 0 Å². The quantitative estimate of drug-likeness (QED) is 0.552. The number of carbonyl (C=O) groups is 2. The molecule has 8 nitrogen and oxygen atoms in total. The number of benzene rings is 2. The highest BCUT2D eigenvalue weighted by atomic mass is 16.5. The number of para-hydroxylation sites is 1. The summed E-state index contributed by atoms with van der Waals surface area (Å²) in [6.45, 7) is 3.87. The molecule has 30 heavy (non-hydrogen) atoms. The van der Waals surface area contributed by atoms with Gasteiger partial charge in [0.1, 0.15) is 6.07 Å². The van der Waals surface area contributed by atoms with Gasteiger partial charge in [-0.3, -0.25) is 0 Å². The van der Waals surface area contributed by atoms with Crippen LogP contribution in [0.15, 0.2) is 42.6 Å². The molecule has 0 aliphatic heterocycles. The maximum Gasteiger partial charge on any atom is 0.357 e. The minimum atomic E-state index is -1.15. The van der Waals surface area contributed by atoms with Gasteiger partial charge in [-0.2, -0.15) is 5.26 Å². The Morgan fingerprint density at radius 1 is 1.20 bits per heavy atom. The lowest BCUT2D eigenvalue weighted by molar-refractivity contribution is 0.0592. The Hall–Kier alpha value is -4.25. The number of carboxylic acid groups (broad SMARTS) is 1. The number of aryl methyl sites for hydroxylation is 2. The van der Waals surface area contributed by atoms with Gasteiger partial charge in [0.2, 0.25) is 0 Å². The number of esters is 1. The van der Waals surface area contributed by atoms with Gasteiger partial charge in [-0.1, -0.05) is 12.1 Å². The summed E-state index contributed by atoms with van der Waals surface area (Å²) in [7, 11) is 1.20. The molecule has 0 saturated carbocycles. The van der Waals surface area contributed by atoms with E-state index in [4.69, 9.17) is 10.5 Å². The van der Waals surface area contributed by atoms with Crippen LogP contribution in [0.2, 0.25) is 0 Å². The molecular weight excluding hydrogens is 384 g/mol. The molecule has 152 valence electrons. The minimum Gasteiger partial charge on any atom is -0.478 e. The lowest BCUT2D eigenvalue weighted by Crippen LogP contribution is -2.13. The van der Waals surface area contributed by atoms with E-state index in [0.717, 1.165) is 11.1 Å². The van der Waals surface area contributed by atoms with Gasteiger partial charge in [0.25, 0.3) is 0 Å². The molecule has 0 fully saturated rings. The Morgan fingerprint density at radius 2 is 1.87 bits per heavy atom. The molecule has 0 unspecified atom stereocenters. The van der Waals surface area contributed by atoms with Crippen molar-refractivity contribution < 1.29 is 19.4 Å². The van der Waals surface area contributed by atoms with Crippen molar-refractivity contribution in [1.29, 1.82) is 5.26 Å². The van der Waals surface area contributed by atoms with Crippen molar-refractivity contribution >= 4 is 29.0 Å². The number of hydrogen-bond donors (Lipinski definition) is 3. The SMILES string of the molecule is COC(=O)c1c(N)c(C#N)cn1-c1cccc(C(=O)O)c1Nc1cc(C)cc(C)c1. The number of carbonyl (C=O) groups excluding carboxylic acids is 1. The van der Waals surface area contributed by atoms with Crippen LogP contribution in [-0.2, 0) is 4.74 Å². The van der Waals surface area contributed by atoms with Crippen molar-refractivity contribution in [1.82, 2.24) is 4.57 Å². The maximum atomic E-state index is 12.4. The minimum absolute atomic E-state index is 0.00625. The van der Waals surface area contributed by atoms with Crippen LogP contribution in [0.1, 0.15) is 37.5 Å². The van der Waals surface area contributed by atoms with Gasteiger partial charge < -0.3 is 25.5 Å². The summed E-state index contributed by atoms with van der Waals surface area (Å²) >= 11 is 0. The van der Waals surface area contributed by atoms with Gasteiger partial charge in [-0.15, -0.1) is 0 Å². The Labute approximate surface area is 173 Å². The average molecular weight is 404 g/mol. The van der Waals surface area contributed by atoms with E-state index in [0.29, 0.717) is 11.4 Å². The van der Waals surface area contributed by atoms with E-state index in [1.54, 1.807) is 12.1 Å². The summed E-state index contributed by atoms with van der Waals surface area (Å²) < 4.78 is 6.19. The molecule has 3 aromatic rings. The van der Waals surface area contributed by atoms with E-state index in [1.165, 1.54) is 23.9 Å². The number of rotatable bonds is 5. The fraction of sp³-hybridized carbons (Fsp3) is 0.136. The summed E-state index contributed by atoms with van der Waals surface area (Å²) in [6, 6.07) is 12.3.